The van der Waals surface area contributed by atoms with E-state index in [1.165, 1.54) is 0 Å². The highest BCUT2D eigenvalue weighted by molar-refractivity contribution is 4.66. The standard InChI is InChI=1S/C13H27F3N2/c1-4-9-17-12(5-2)7-6-10-18(3)11-8-13(14,15)16/h12,17H,4-11H2,1-3H3. The molecule has 110 valence electrons. The van der Waals surface area contributed by atoms with Gasteiger partial charge in [0.1, 0.15) is 0 Å². The zero-order valence-electron chi connectivity index (χ0n) is 11.8. The summed E-state index contributed by atoms with van der Waals surface area (Å²) in [7, 11) is 1.76. The number of alkyl halides is 3. The lowest BCUT2D eigenvalue weighted by Crippen LogP contribution is -2.31. The molecule has 1 atom stereocenters. The average molecular weight is 268 g/mol. The summed E-state index contributed by atoms with van der Waals surface area (Å²) in [6.07, 6.45) is -0.581. The first-order valence-electron chi connectivity index (χ1n) is 6.87. The Morgan fingerprint density at radius 2 is 1.83 bits per heavy atom. The molecule has 0 aliphatic carbocycles. The van der Waals surface area contributed by atoms with E-state index in [1.807, 2.05) is 0 Å². The molecule has 0 aromatic heterocycles. The van der Waals surface area contributed by atoms with Gasteiger partial charge in [-0.15, -0.1) is 0 Å². The molecule has 1 N–H and O–H groups in total. The Morgan fingerprint density at radius 3 is 2.33 bits per heavy atom. The highest BCUT2D eigenvalue weighted by atomic mass is 19.4. The molecule has 0 fully saturated rings. The van der Waals surface area contributed by atoms with E-state index in [2.05, 4.69) is 19.2 Å². The van der Waals surface area contributed by atoms with E-state index < -0.39 is 12.6 Å². The van der Waals surface area contributed by atoms with E-state index in [0.29, 0.717) is 6.04 Å². The first-order chi connectivity index (χ1) is 8.39. The fourth-order valence-electron chi connectivity index (χ4n) is 1.84. The Morgan fingerprint density at radius 1 is 1.17 bits per heavy atom. The lowest BCUT2D eigenvalue weighted by Gasteiger charge is -2.20. The van der Waals surface area contributed by atoms with Crippen molar-refractivity contribution in [2.75, 3.05) is 26.7 Å². The molecule has 5 heteroatoms. The Balaban J connectivity index is 3.62. The van der Waals surface area contributed by atoms with Crippen molar-refractivity contribution >= 4 is 0 Å². The topological polar surface area (TPSA) is 15.3 Å². The molecule has 0 aliphatic heterocycles. The van der Waals surface area contributed by atoms with Crippen molar-refractivity contribution in [3.8, 4) is 0 Å². The van der Waals surface area contributed by atoms with Crippen molar-refractivity contribution in [2.45, 2.75) is 58.2 Å². The molecule has 18 heavy (non-hydrogen) atoms. The highest BCUT2D eigenvalue weighted by Gasteiger charge is 2.26. The number of hydrogen-bond acceptors (Lipinski definition) is 2. The molecule has 0 amide bonds. The van der Waals surface area contributed by atoms with Crippen LogP contribution in [0.25, 0.3) is 0 Å². The Hall–Kier alpha value is -0.290. The number of halogens is 3. The summed E-state index contributed by atoms with van der Waals surface area (Å²) in [6, 6.07) is 0.501. The van der Waals surface area contributed by atoms with E-state index >= 15 is 0 Å². The monoisotopic (exact) mass is 268 g/mol. The predicted octanol–water partition coefficient (Wildman–Crippen LogP) is 3.43. The van der Waals surface area contributed by atoms with Gasteiger partial charge in [-0.25, -0.2) is 0 Å². The van der Waals surface area contributed by atoms with Crippen molar-refractivity contribution < 1.29 is 13.2 Å². The molecule has 0 saturated heterocycles. The van der Waals surface area contributed by atoms with Crippen LogP contribution in [0.3, 0.4) is 0 Å². The first kappa shape index (κ1) is 17.7. The molecule has 0 saturated carbocycles. The van der Waals surface area contributed by atoms with Crippen molar-refractivity contribution in [1.82, 2.24) is 10.2 Å². The van der Waals surface area contributed by atoms with Gasteiger partial charge in [-0.3, -0.25) is 0 Å². The van der Waals surface area contributed by atoms with Crippen LogP contribution < -0.4 is 5.32 Å². The van der Waals surface area contributed by atoms with Crippen LogP contribution >= 0.6 is 0 Å². The van der Waals surface area contributed by atoms with Crippen LogP contribution in [0.15, 0.2) is 0 Å². The van der Waals surface area contributed by atoms with E-state index in [1.54, 1.807) is 11.9 Å². The molecule has 2 nitrogen and oxygen atoms in total. The van der Waals surface area contributed by atoms with Crippen LogP contribution in [-0.2, 0) is 0 Å². The lowest BCUT2D eigenvalue weighted by molar-refractivity contribution is -0.137. The van der Waals surface area contributed by atoms with Gasteiger partial charge in [0, 0.05) is 12.6 Å². The molecule has 1 unspecified atom stereocenters. The molecule has 0 aromatic carbocycles. The van der Waals surface area contributed by atoms with Gasteiger partial charge in [-0.2, -0.15) is 13.2 Å². The summed E-state index contributed by atoms with van der Waals surface area (Å²) in [5, 5.41) is 3.45. The van der Waals surface area contributed by atoms with E-state index in [0.717, 1.165) is 38.8 Å². The van der Waals surface area contributed by atoms with Gasteiger partial charge in [0.2, 0.25) is 0 Å². The fourth-order valence-corrected chi connectivity index (χ4v) is 1.84. The summed E-state index contributed by atoms with van der Waals surface area (Å²) < 4.78 is 36.1. The molecule has 0 spiro atoms. The van der Waals surface area contributed by atoms with Crippen LogP contribution in [0.1, 0.15) is 46.0 Å². The van der Waals surface area contributed by atoms with Crippen LogP contribution in [0, 0.1) is 0 Å². The van der Waals surface area contributed by atoms with Gasteiger partial charge in [0.25, 0.3) is 0 Å². The fraction of sp³-hybridized carbons (Fsp3) is 1.00. The number of nitrogens with zero attached hydrogens (tertiary/aromatic N) is 1. The van der Waals surface area contributed by atoms with Crippen molar-refractivity contribution in [2.24, 2.45) is 0 Å². The lowest BCUT2D eigenvalue weighted by atomic mass is 10.1. The van der Waals surface area contributed by atoms with Crippen LogP contribution in [0.4, 0.5) is 13.2 Å². The molecule has 0 bridgehead atoms. The van der Waals surface area contributed by atoms with Gasteiger partial charge in [0.05, 0.1) is 6.42 Å². The minimum absolute atomic E-state index is 0.0999. The minimum atomic E-state index is -4.04. The molecule has 0 radical (unpaired) electrons. The number of rotatable bonds is 10. The normalized spacial score (nSPS) is 14.2. The van der Waals surface area contributed by atoms with Crippen LogP contribution in [0.5, 0.6) is 0 Å². The smallest absolute Gasteiger partial charge is 0.314 e. The third kappa shape index (κ3) is 10.8. The molecular weight excluding hydrogens is 241 g/mol. The second kappa shape index (κ2) is 9.62. The van der Waals surface area contributed by atoms with E-state index in [9.17, 15) is 13.2 Å². The predicted molar refractivity (Wildman–Crippen MR) is 69.8 cm³/mol. The number of nitrogens with one attached hydrogen (secondary N) is 1. The van der Waals surface area contributed by atoms with Crippen LogP contribution in [0.2, 0.25) is 0 Å². The quantitative estimate of drug-likeness (QED) is 0.653. The summed E-state index contributed by atoms with van der Waals surface area (Å²) in [5.74, 6) is 0. The van der Waals surface area contributed by atoms with E-state index in [-0.39, 0.29) is 6.54 Å². The first-order valence-corrected chi connectivity index (χ1v) is 6.87. The van der Waals surface area contributed by atoms with Gasteiger partial charge >= 0.3 is 6.18 Å². The molecular formula is C13H27F3N2. The van der Waals surface area contributed by atoms with Crippen molar-refractivity contribution in [3.05, 3.63) is 0 Å². The molecule has 0 aromatic rings. The maximum atomic E-state index is 12.0. The average Bonchev–Trinajstić information content (AvgIpc) is 2.30. The maximum absolute atomic E-state index is 12.0. The third-order valence-electron chi connectivity index (χ3n) is 3.05. The van der Waals surface area contributed by atoms with Gasteiger partial charge in [0.15, 0.2) is 0 Å². The Labute approximate surface area is 109 Å². The zero-order chi connectivity index (χ0) is 14.0. The van der Waals surface area contributed by atoms with Gasteiger partial charge in [-0.05, 0) is 45.8 Å². The summed E-state index contributed by atoms with van der Waals surface area (Å²) in [5.41, 5.74) is 0. The molecule has 0 rings (SSSR count). The third-order valence-corrected chi connectivity index (χ3v) is 3.05. The number of hydrogen-bond donors (Lipinski definition) is 1. The SMILES string of the molecule is CCCNC(CC)CCCN(C)CCC(F)(F)F. The second-order valence-corrected chi connectivity index (χ2v) is 4.87. The van der Waals surface area contributed by atoms with Crippen molar-refractivity contribution in [1.29, 1.82) is 0 Å². The Kier molecular flexibility index (Phi) is 9.46. The van der Waals surface area contributed by atoms with Gasteiger partial charge < -0.3 is 10.2 Å². The maximum Gasteiger partial charge on any atom is 0.390 e. The molecule has 0 aliphatic rings. The summed E-state index contributed by atoms with van der Waals surface area (Å²) in [4.78, 5) is 1.76. The van der Waals surface area contributed by atoms with Gasteiger partial charge in [-0.1, -0.05) is 13.8 Å². The second-order valence-electron chi connectivity index (χ2n) is 4.87. The Bertz CT molecular complexity index is 195. The van der Waals surface area contributed by atoms with E-state index in [4.69, 9.17) is 0 Å². The molecule has 0 heterocycles. The zero-order valence-corrected chi connectivity index (χ0v) is 11.8. The van der Waals surface area contributed by atoms with Crippen molar-refractivity contribution in [3.63, 3.8) is 0 Å². The largest absolute Gasteiger partial charge is 0.390 e. The highest BCUT2D eigenvalue weighted by Crippen LogP contribution is 2.19. The summed E-state index contributed by atoms with van der Waals surface area (Å²) in [6.45, 7) is 6.12. The summed E-state index contributed by atoms with van der Waals surface area (Å²) >= 11 is 0. The van der Waals surface area contributed by atoms with Crippen LogP contribution in [-0.4, -0.2) is 43.8 Å². The minimum Gasteiger partial charge on any atom is -0.314 e.